The molecule has 0 aromatic rings. The first-order valence-corrected chi connectivity index (χ1v) is 7.99. The fourth-order valence-electron chi connectivity index (χ4n) is 1.89. The zero-order chi connectivity index (χ0) is 17.3. The number of ether oxygens (including phenoxy) is 3. The van der Waals surface area contributed by atoms with Gasteiger partial charge >= 0.3 is 0 Å². The van der Waals surface area contributed by atoms with E-state index in [1.165, 1.54) is 0 Å². The number of unbranched alkanes of at least 4 members (excludes halogenated alkanes) is 1. The van der Waals surface area contributed by atoms with Crippen LogP contribution in [0.1, 0.15) is 25.7 Å². The molecule has 23 heavy (non-hydrogen) atoms. The molecule has 2 amide bonds. The lowest BCUT2D eigenvalue weighted by Crippen LogP contribution is -2.43. The Morgan fingerprint density at radius 3 is 2.30 bits per heavy atom. The molecule has 0 saturated carbocycles. The Morgan fingerprint density at radius 1 is 1.04 bits per heavy atom. The summed E-state index contributed by atoms with van der Waals surface area (Å²) in [7, 11) is 3.37. The highest BCUT2D eigenvalue weighted by Crippen LogP contribution is 2.03. The molecular formula is C15H31N3O5. The maximum Gasteiger partial charge on any atom is 0.237 e. The number of amides is 2. The van der Waals surface area contributed by atoms with Gasteiger partial charge in [0.2, 0.25) is 11.8 Å². The van der Waals surface area contributed by atoms with Crippen molar-refractivity contribution in [3.63, 3.8) is 0 Å². The molecule has 1 unspecified atom stereocenters. The van der Waals surface area contributed by atoms with Crippen LogP contribution in [0.3, 0.4) is 0 Å². The third-order valence-electron chi connectivity index (χ3n) is 3.18. The summed E-state index contributed by atoms with van der Waals surface area (Å²) in [5.74, 6) is -0.370. The minimum Gasteiger partial charge on any atom is -0.382 e. The predicted molar refractivity (Wildman–Crippen MR) is 87.0 cm³/mol. The van der Waals surface area contributed by atoms with Crippen molar-refractivity contribution in [2.75, 3.05) is 53.7 Å². The fraction of sp³-hybridized carbons (Fsp3) is 0.867. The van der Waals surface area contributed by atoms with Crippen LogP contribution in [0.4, 0.5) is 0 Å². The quantitative estimate of drug-likeness (QED) is 0.326. The van der Waals surface area contributed by atoms with Gasteiger partial charge in [0.15, 0.2) is 0 Å². The number of rotatable bonds is 16. The lowest BCUT2D eigenvalue weighted by Gasteiger charge is -2.16. The molecule has 0 aliphatic heterocycles. The SMILES string of the molecule is CNC(CCCCC(N)=O)C(=O)NCCOCCOCCOC. The van der Waals surface area contributed by atoms with E-state index in [1.807, 2.05) is 0 Å². The minimum atomic E-state index is -0.307. The van der Waals surface area contributed by atoms with Gasteiger partial charge in [-0.15, -0.1) is 0 Å². The van der Waals surface area contributed by atoms with Gasteiger partial charge in [-0.05, 0) is 19.9 Å². The first kappa shape index (κ1) is 21.8. The van der Waals surface area contributed by atoms with Crippen LogP contribution in [0.2, 0.25) is 0 Å². The van der Waals surface area contributed by atoms with Crippen LogP contribution in [-0.2, 0) is 23.8 Å². The van der Waals surface area contributed by atoms with Gasteiger partial charge in [0, 0.05) is 20.1 Å². The van der Waals surface area contributed by atoms with E-state index >= 15 is 0 Å². The van der Waals surface area contributed by atoms with Crippen molar-refractivity contribution in [2.24, 2.45) is 5.73 Å². The molecule has 1 atom stereocenters. The lowest BCUT2D eigenvalue weighted by atomic mass is 10.1. The lowest BCUT2D eigenvalue weighted by molar-refractivity contribution is -0.123. The average Bonchev–Trinajstić information content (AvgIpc) is 2.53. The van der Waals surface area contributed by atoms with Gasteiger partial charge in [-0.3, -0.25) is 9.59 Å². The summed E-state index contributed by atoms with van der Waals surface area (Å²) < 4.78 is 15.4. The van der Waals surface area contributed by atoms with Crippen LogP contribution in [0, 0.1) is 0 Å². The molecule has 0 aromatic heterocycles. The molecule has 4 N–H and O–H groups in total. The number of hydrogen-bond acceptors (Lipinski definition) is 6. The topological polar surface area (TPSA) is 112 Å². The number of methoxy groups -OCH3 is 1. The van der Waals surface area contributed by atoms with E-state index in [2.05, 4.69) is 10.6 Å². The number of likely N-dealkylation sites (N-methyl/N-ethyl adjacent to an activating group) is 1. The number of carbonyl (C=O) groups is 2. The van der Waals surface area contributed by atoms with Crippen LogP contribution in [-0.4, -0.2) is 71.6 Å². The number of nitrogens with one attached hydrogen (secondary N) is 2. The van der Waals surface area contributed by atoms with Gasteiger partial charge in [0.05, 0.1) is 39.1 Å². The van der Waals surface area contributed by atoms with Crippen molar-refractivity contribution in [1.82, 2.24) is 10.6 Å². The summed E-state index contributed by atoms with van der Waals surface area (Å²) in [6.07, 6.45) is 2.51. The molecule has 0 radical (unpaired) electrons. The highest BCUT2D eigenvalue weighted by Gasteiger charge is 2.15. The largest absolute Gasteiger partial charge is 0.382 e. The van der Waals surface area contributed by atoms with Crippen molar-refractivity contribution in [1.29, 1.82) is 0 Å². The molecule has 0 heterocycles. The Bertz CT molecular complexity index is 315. The molecule has 0 aliphatic rings. The molecule has 136 valence electrons. The van der Waals surface area contributed by atoms with Crippen LogP contribution >= 0.6 is 0 Å². The van der Waals surface area contributed by atoms with Crippen molar-refractivity contribution in [3.05, 3.63) is 0 Å². The molecule has 0 aliphatic carbocycles. The second-order valence-corrected chi connectivity index (χ2v) is 5.06. The fourth-order valence-corrected chi connectivity index (χ4v) is 1.89. The summed E-state index contributed by atoms with van der Waals surface area (Å²) in [6, 6.07) is -0.264. The van der Waals surface area contributed by atoms with Crippen molar-refractivity contribution < 1.29 is 23.8 Å². The van der Waals surface area contributed by atoms with Gasteiger partial charge in [-0.25, -0.2) is 0 Å². The normalized spacial score (nSPS) is 12.1. The van der Waals surface area contributed by atoms with Crippen molar-refractivity contribution in [3.8, 4) is 0 Å². The number of hydrogen-bond donors (Lipinski definition) is 3. The summed E-state index contributed by atoms with van der Waals surface area (Å²) in [6.45, 7) is 3.02. The van der Waals surface area contributed by atoms with E-state index in [0.717, 1.165) is 6.42 Å². The van der Waals surface area contributed by atoms with Crippen LogP contribution in [0.25, 0.3) is 0 Å². The second-order valence-electron chi connectivity index (χ2n) is 5.06. The Morgan fingerprint density at radius 2 is 1.70 bits per heavy atom. The zero-order valence-corrected chi connectivity index (χ0v) is 14.3. The van der Waals surface area contributed by atoms with E-state index in [-0.39, 0.29) is 17.9 Å². The summed E-state index contributed by atoms with van der Waals surface area (Å²) in [5, 5.41) is 5.79. The number of carbonyl (C=O) groups excluding carboxylic acids is 2. The minimum absolute atomic E-state index is 0.0634. The zero-order valence-electron chi connectivity index (χ0n) is 14.3. The number of primary amides is 1. The van der Waals surface area contributed by atoms with Gasteiger partial charge < -0.3 is 30.6 Å². The van der Waals surface area contributed by atoms with Crippen LogP contribution < -0.4 is 16.4 Å². The van der Waals surface area contributed by atoms with Gasteiger partial charge in [0.25, 0.3) is 0 Å². The van der Waals surface area contributed by atoms with E-state index < -0.39 is 0 Å². The van der Waals surface area contributed by atoms with Crippen LogP contribution in [0.15, 0.2) is 0 Å². The van der Waals surface area contributed by atoms with Gasteiger partial charge in [0.1, 0.15) is 0 Å². The Hall–Kier alpha value is -1.22. The van der Waals surface area contributed by atoms with Crippen molar-refractivity contribution >= 4 is 11.8 Å². The molecule has 0 saturated heterocycles. The molecule has 0 rings (SSSR count). The smallest absolute Gasteiger partial charge is 0.237 e. The third kappa shape index (κ3) is 14.1. The highest BCUT2D eigenvalue weighted by molar-refractivity contribution is 5.81. The predicted octanol–water partition coefficient (Wildman–Crippen LogP) is -0.584. The molecule has 8 nitrogen and oxygen atoms in total. The average molecular weight is 333 g/mol. The maximum absolute atomic E-state index is 12.0. The van der Waals surface area contributed by atoms with E-state index in [0.29, 0.717) is 58.8 Å². The molecule has 0 bridgehead atoms. The number of nitrogens with two attached hydrogens (primary N) is 1. The second kappa shape index (κ2) is 15.7. The van der Waals surface area contributed by atoms with Gasteiger partial charge in [-0.2, -0.15) is 0 Å². The molecule has 8 heteroatoms. The standard InChI is InChI=1S/C15H31N3O5/c1-17-13(5-3-4-6-14(16)19)15(20)18-7-8-22-11-12-23-10-9-21-2/h13,17H,3-12H2,1-2H3,(H2,16,19)(H,18,20). The summed E-state index contributed by atoms with van der Waals surface area (Å²) in [4.78, 5) is 22.6. The highest BCUT2D eigenvalue weighted by atomic mass is 16.5. The molecule has 0 spiro atoms. The van der Waals surface area contributed by atoms with Gasteiger partial charge in [-0.1, -0.05) is 6.42 Å². The molecular weight excluding hydrogens is 302 g/mol. The molecule has 0 fully saturated rings. The van der Waals surface area contributed by atoms with E-state index in [1.54, 1.807) is 14.2 Å². The summed E-state index contributed by atoms with van der Waals surface area (Å²) in [5.41, 5.74) is 5.08. The van der Waals surface area contributed by atoms with E-state index in [4.69, 9.17) is 19.9 Å². The maximum atomic E-state index is 12.0. The first-order chi connectivity index (χ1) is 11.1. The van der Waals surface area contributed by atoms with E-state index in [9.17, 15) is 9.59 Å². The third-order valence-corrected chi connectivity index (χ3v) is 3.18. The molecule has 0 aromatic carbocycles. The Labute approximate surface area is 138 Å². The van der Waals surface area contributed by atoms with Crippen molar-refractivity contribution in [2.45, 2.75) is 31.7 Å². The Kier molecular flexibility index (Phi) is 14.8. The summed E-state index contributed by atoms with van der Waals surface area (Å²) >= 11 is 0. The van der Waals surface area contributed by atoms with Crippen LogP contribution in [0.5, 0.6) is 0 Å². The Balaban J connectivity index is 3.55. The first-order valence-electron chi connectivity index (χ1n) is 7.99. The monoisotopic (exact) mass is 333 g/mol.